The summed E-state index contributed by atoms with van der Waals surface area (Å²) < 4.78 is 5.52. The second-order valence-corrected chi connectivity index (χ2v) is 4.00. The standard InChI is InChI=1S/C13H19NO3/c1-2-3-4-9-17-11-7-5-10(6-8-11)12(14)13(15)16/h5-8,12H,2-4,9,14H2,1H3,(H,15,16)/t12-/m1/s1. The van der Waals surface area contributed by atoms with Gasteiger partial charge in [-0.3, -0.25) is 0 Å². The van der Waals surface area contributed by atoms with Gasteiger partial charge in [-0.15, -0.1) is 0 Å². The van der Waals surface area contributed by atoms with E-state index in [1.54, 1.807) is 24.3 Å². The zero-order chi connectivity index (χ0) is 12.7. The molecule has 94 valence electrons. The van der Waals surface area contributed by atoms with Crippen molar-refractivity contribution in [1.29, 1.82) is 0 Å². The number of benzene rings is 1. The maximum absolute atomic E-state index is 10.6. The van der Waals surface area contributed by atoms with Gasteiger partial charge in [0, 0.05) is 5.56 Å². The third-order valence-electron chi connectivity index (χ3n) is 2.58. The number of unbranched alkanes of at least 4 members (excludes halogenated alkanes) is 2. The van der Waals surface area contributed by atoms with Crippen molar-refractivity contribution in [2.75, 3.05) is 6.61 Å². The molecule has 0 amide bonds. The molecule has 0 aliphatic heterocycles. The van der Waals surface area contributed by atoms with Crippen LogP contribution < -0.4 is 15.6 Å². The molecule has 0 unspecified atom stereocenters. The minimum Gasteiger partial charge on any atom is -0.544 e. The normalized spacial score (nSPS) is 12.1. The smallest absolute Gasteiger partial charge is 0.150 e. The maximum atomic E-state index is 10.6. The average molecular weight is 237 g/mol. The van der Waals surface area contributed by atoms with Crippen LogP contribution in [-0.4, -0.2) is 12.6 Å². The summed E-state index contributed by atoms with van der Waals surface area (Å²) in [5, 5.41) is 10.6. The van der Waals surface area contributed by atoms with E-state index in [2.05, 4.69) is 12.7 Å². The van der Waals surface area contributed by atoms with Gasteiger partial charge in [0.2, 0.25) is 0 Å². The van der Waals surface area contributed by atoms with Crippen LogP contribution in [0.4, 0.5) is 0 Å². The Balaban J connectivity index is 2.47. The highest BCUT2D eigenvalue weighted by Gasteiger charge is 2.10. The van der Waals surface area contributed by atoms with Gasteiger partial charge in [0.25, 0.3) is 0 Å². The summed E-state index contributed by atoms with van der Waals surface area (Å²) in [5.74, 6) is -0.406. The van der Waals surface area contributed by atoms with Gasteiger partial charge in [0.05, 0.1) is 6.61 Å². The summed E-state index contributed by atoms with van der Waals surface area (Å²) in [6.45, 7) is 2.84. The minimum atomic E-state index is -1.17. The lowest BCUT2D eigenvalue weighted by Gasteiger charge is -2.10. The lowest BCUT2D eigenvalue weighted by atomic mass is 10.1. The summed E-state index contributed by atoms with van der Waals surface area (Å²) in [7, 11) is 0. The van der Waals surface area contributed by atoms with Crippen molar-refractivity contribution in [1.82, 2.24) is 0 Å². The van der Waals surface area contributed by atoms with Gasteiger partial charge in [-0.25, -0.2) is 0 Å². The highest BCUT2D eigenvalue weighted by molar-refractivity contribution is 5.71. The van der Waals surface area contributed by atoms with Gasteiger partial charge in [0.1, 0.15) is 11.7 Å². The van der Waals surface area contributed by atoms with Crippen LogP contribution in [0.2, 0.25) is 0 Å². The monoisotopic (exact) mass is 237 g/mol. The van der Waals surface area contributed by atoms with E-state index in [1.165, 1.54) is 0 Å². The van der Waals surface area contributed by atoms with Crippen molar-refractivity contribution in [2.24, 2.45) is 0 Å². The van der Waals surface area contributed by atoms with Crippen LogP contribution in [0.15, 0.2) is 24.3 Å². The van der Waals surface area contributed by atoms with Crippen LogP contribution in [0.3, 0.4) is 0 Å². The predicted molar refractivity (Wildman–Crippen MR) is 62.1 cm³/mol. The molecule has 0 aromatic heterocycles. The van der Waals surface area contributed by atoms with Crippen molar-refractivity contribution < 1.29 is 20.4 Å². The lowest BCUT2D eigenvalue weighted by molar-refractivity contribution is -0.443. The fourth-order valence-electron chi connectivity index (χ4n) is 1.47. The summed E-state index contributed by atoms with van der Waals surface area (Å²) in [4.78, 5) is 10.6. The summed E-state index contributed by atoms with van der Waals surface area (Å²) in [5.41, 5.74) is 4.15. The van der Waals surface area contributed by atoms with Crippen LogP contribution in [0.25, 0.3) is 0 Å². The Labute approximate surface area is 101 Å². The highest BCUT2D eigenvalue weighted by Crippen LogP contribution is 2.15. The van der Waals surface area contributed by atoms with E-state index in [1.807, 2.05) is 0 Å². The van der Waals surface area contributed by atoms with E-state index in [4.69, 9.17) is 4.74 Å². The molecule has 4 nitrogen and oxygen atoms in total. The SMILES string of the molecule is CCCCCOc1ccc([C@@H]([NH3+])C(=O)[O-])cc1. The quantitative estimate of drug-likeness (QED) is 0.692. The summed E-state index contributed by atoms with van der Waals surface area (Å²) >= 11 is 0. The molecule has 0 aliphatic carbocycles. The fourth-order valence-corrected chi connectivity index (χ4v) is 1.47. The first-order chi connectivity index (χ1) is 8.15. The Morgan fingerprint density at radius 1 is 1.35 bits per heavy atom. The molecule has 17 heavy (non-hydrogen) atoms. The van der Waals surface area contributed by atoms with Crippen LogP contribution in [-0.2, 0) is 4.79 Å². The zero-order valence-corrected chi connectivity index (χ0v) is 10.1. The minimum absolute atomic E-state index is 0.630. The molecular formula is C13H19NO3. The molecule has 1 aromatic carbocycles. The first-order valence-corrected chi connectivity index (χ1v) is 5.92. The number of carbonyl (C=O) groups excluding carboxylic acids is 1. The Hall–Kier alpha value is -1.55. The third kappa shape index (κ3) is 4.44. The highest BCUT2D eigenvalue weighted by atomic mass is 16.5. The Kier molecular flexibility index (Phi) is 5.49. The van der Waals surface area contributed by atoms with Crippen molar-refractivity contribution in [2.45, 2.75) is 32.2 Å². The molecule has 0 aliphatic rings. The number of ether oxygens (including phenoxy) is 1. The molecule has 0 spiro atoms. The second-order valence-electron chi connectivity index (χ2n) is 4.00. The van der Waals surface area contributed by atoms with Gasteiger partial charge in [-0.05, 0) is 30.7 Å². The van der Waals surface area contributed by atoms with Gasteiger partial charge < -0.3 is 20.4 Å². The van der Waals surface area contributed by atoms with E-state index in [0.29, 0.717) is 12.2 Å². The fraction of sp³-hybridized carbons (Fsp3) is 0.462. The topological polar surface area (TPSA) is 77.0 Å². The molecule has 3 N–H and O–H groups in total. The number of rotatable bonds is 7. The second kappa shape index (κ2) is 6.91. The molecule has 4 heteroatoms. The summed E-state index contributed by atoms with van der Waals surface area (Å²) in [6.07, 6.45) is 3.36. The van der Waals surface area contributed by atoms with Crippen molar-refractivity contribution >= 4 is 5.97 Å². The molecule has 0 saturated heterocycles. The number of quaternary nitrogens is 1. The molecule has 0 bridgehead atoms. The van der Waals surface area contributed by atoms with Crippen LogP contribution >= 0.6 is 0 Å². The van der Waals surface area contributed by atoms with Gasteiger partial charge in [-0.1, -0.05) is 19.8 Å². The number of hydrogen-bond donors (Lipinski definition) is 1. The van der Waals surface area contributed by atoms with E-state index in [0.717, 1.165) is 25.0 Å². The molecule has 1 rings (SSSR count). The van der Waals surface area contributed by atoms with Gasteiger partial charge >= 0.3 is 0 Å². The first kappa shape index (κ1) is 13.5. The number of carboxylic acid groups (broad SMARTS) is 1. The Morgan fingerprint density at radius 3 is 2.53 bits per heavy atom. The first-order valence-electron chi connectivity index (χ1n) is 5.92. The molecule has 0 saturated carbocycles. The lowest BCUT2D eigenvalue weighted by Crippen LogP contribution is -2.60. The van der Waals surface area contributed by atoms with Crippen molar-refractivity contribution in [3.8, 4) is 5.75 Å². The number of hydrogen-bond acceptors (Lipinski definition) is 3. The third-order valence-corrected chi connectivity index (χ3v) is 2.58. The van der Waals surface area contributed by atoms with Crippen LogP contribution in [0.5, 0.6) is 5.75 Å². The van der Waals surface area contributed by atoms with Gasteiger partial charge in [0.15, 0.2) is 6.04 Å². The number of carbonyl (C=O) groups is 1. The van der Waals surface area contributed by atoms with E-state index >= 15 is 0 Å². The van der Waals surface area contributed by atoms with E-state index in [9.17, 15) is 9.90 Å². The van der Waals surface area contributed by atoms with E-state index < -0.39 is 12.0 Å². The largest absolute Gasteiger partial charge is 0.544 e. The molecule has 0 heterocycles. The molecule has 1 aromatic rings. The zero-order valence-electron chi connectivity index (χ0n) is 10.1. The predicted octanol–water partition coefficient (Wildman–Crippen LogP) is 0.289. The summed E-state index contributed by atoms with van der Waals surface area (Å²) in [6, 6.07) is 6.12. The van der Waals surface area contributed by atoms with Crippen molar-refractivity contribution in [3.63, 3.8) is 0 Å². The Morgan fingerprint density at radius 2 is 2.00 bits per heavy atom. The van der Waals surface area contributed by atoms with Crippen LogP contribution in [0, 0.1) is 0 Å². The van der Waals surface area contributed by atoms with Gasteiger partial charge in [-0.2, -0.15) is 0 Å². The number of carboxylic acids is 1. The Bertz CT molecular complexity index is 348. The molecular weight excluding hydrogens is 218 g/mol. The molecule has 0 radical (unpaired) electrons. The maximum Gasteiger partial charge on any atom is 0.150 e. The average Bonchev–Trinajstić information content (AvgIpc) is 2.34. The number of aliphatic carboxylic acids is 1. The van der Waals surface area contributed by atoms with Crippen LogP contribution in [0.1, 0.15) is 37.8 Å². The molecule has 1 atom stereocenters. The molecule has 0 fully saturated rings. The van der Waals surface area contributed by atoms with Crippen molar-refractivity contribution in [3.05, 3.63) is 29.8 Å². The van der Waals surface area contributed by atoms with E-state index in [-0.39, 0.29) is 0 Å².